The molecular formula is C52H55N7O11P2. The number of ether oxygens (including phenoxy) is 2. The number of H-pyrrole nitrogens is 1. The number of nitrogens with one attached hydrogen (secondary N) is 3. The highest BCUT2D eigenvalue weighted by Crippen LogP contribution is 2.51. The number of nitrogens with zero attached hydrogens (tertiary/aromatic N) is 3. The molecule has 20 heteroatoms. The molecule has 0 saturated heterocycles. The van der Waals surface area contributed by atoms with Gasteiger partial charge in [0.2, 0.25) is 5.95 Å². The van der Waals surface area contributed by atoms with Crippen LogP contribution >= 0.6 is 15.5 Å². The molecule has 2 aromatic heterocycles. The Kier molecular flexibility index (Phi) is 15.7. The van der Waals surface area contributed by atoms with Crippen LogP contribution in [-0.2, 0) is 57.0 Å². The van der Waals surface area contributed by atoms with Gasteiger partial charge in [0.1, 0.15) is 35.8 Å². The van der Waals surface area contributed by atoms with Crippen molar-refractivity contribution in [1.82, 2.24) is 29.7 Å². The first-order valence-corrected chi connectivity index (χ1v) is 26.1. The number of aromatic amines is 1. The second-order valence-corrected chi connectivity index (χ2v) is 21.4. The summed E-state index contributed by atoms with van der Waals surface area (Å²) in [5.74, 6) is -2.05. The molecule has 374 valence electrons. The van der Waals surface area contributed by atoms with Crippen LogP contribution in [0.15, 0.2) is 157 Å². The summed E-state index contributed by atoms with van der Waals surface area (Å²) in [6.45, 7) is 5.16. The van der Waals surface area contributed by atoms with Gasteiger partial charge in [-0.15, -0.1) is 0 Å². The molecule has 2 heterocycles. The standard InChI is InChI=1S/C52H55N7O11P2/c1-51(2,48(61)65-31-36-17-7-5-8-18-36)57-71(63,69-43-27-15-23-39-21-11-13-25-41(39)43)67-33-38(29-30-59-35-54-45-46(59)55-50(53)56-47(45)60)34-68-72(64,70-44-28-16-24-40-22-12-14-26-42(40)44)58-52(3,4)49(62)66-32-37-19-9-6-10-20-37/h5-28,35,38H,29-34H2,1-4H3,(H,57,63)(H,58,64)(H3,53,55,56,60). The molecule has 0 bridgehead atoms. The molecular weight excluding hydrogens is 961 g/mol. The predicted molar refractivity (Wildman–Crippen MR) is 274 cm³/mol. The van der Waals surface area contributed by atoms with Gasteiger partial charge in [-0.2, -0.15) is 15.2 Å². The van der Waals surface area contributed by atoms with Crippen molar-refractivity contribution in [2.24, 2.45) is 5.92 Å². The Balaban J connectivity index is 1.11. The fourth-order valence-corrected chi connectivity index (χ4v) is 11.2. The van der Waals surface area contributed by atoms with Crippen molar-refractivity contribution < 1.29 is 46.3 Å². The number of anilines is 1. The third-order valence-corrected chi connectivity index (χ3v) is 15.0. The topological polar surface area (TPSA) is 237 Å². The molecule has 72 heavy (non-hydrogen) atoms. The molecule has 6 aromatic carbocycles. The summed E-state index contributed by atoms with van der Waals surface area (Å²) in [7, 11) is -9.22. The van der Waals surface area contributed by atoms with Gasteiger partial charge < -0.3 is 28.8 Å². The van der Waals surface area contributed by atoms with E-state index in [2.05, 4.69) is 25.1 Å². The highest BCUT2D eigenvalue weighted by Gasteiger charge is 2.43. The summed E-state index contributed by atoms with van der Waals surface area (Å²) >= 11 is 0. The van der Waals surface area contributed by atoms with Gasteiger partial charge in [0.25, 0.3) is 5.56 Å². The van der Waals surface area contributed by atoms with Crippen molar-refractivity contribution >= 4 is 66.1 Å². The number of imidazole rings is 1. The van der Waals surface area contributed by atoms with Gasteiger partial charge in [-0.25, -0.2) is 14.1 Å². The van der Waals surface area contributed by atoms with E-state index in [-0.39, 0.29) is 54.8 Å². The molecule has 0 radical (unpaired) electrons. The molecule has 8 rings (SSSR count). The largest absolute Gasteiger partial charge is 0.459 e. The van der Waals surface area contributed by atoms with Gasteiger partial charge in [0, 0.05) is 23.2 Å². The van der Waals surface area contributed by atoms with Crippen LogP contribution < -0.4 is 30.5 Å². The van der Waals surface area contributed by atoms with E-state index in [0.717, 1.165) is 21.9 Å². The molecule has 0 fully saturated rings. The third-order valence-electron chi connectivity index (χ3n) is 11.4. The molecule has 0 aliphatic rings. The van der Waals surface area contributed by atoms with E-state index in [1.165, 1.54) is 34.0 Å². The van der Waals surface area contributed by atoms with Gasteiger partial charge in [-0.05, 0) is 68.1 Å². The lowest BCUT2D eigenvalue weighted by Crippen LogP contribution is -2.47. The minimum absolute atomic E-state index is 0.0467. The van der Waals surface area contributed by atoms with Gasteiger partial charge >= 0.3 is 27.4 Å². The maximum atomic E-state index is 15.4. The number of esters is 2. The lowest BCUT2D eigenvalue weighted by molar-refractivity contribution is -0.151. The lowest BCUT2D eigenvalue weighted by atomic mass is 10.1. The molecule has 8 aromatic rings. The number of hydrogen-bond acceptors (Lipinski definition) is 14. The second kappa shape index (κ2) is 22.1. The Morgan fingerprint density at radius 1 is 0.653 bits per heavy atom. The molecule has 0 saturated carbocycles. The zero-order valence-electron chi connectivity index (χ0n) is 40.1. The number of carbonyl (C=O) groups is 2. The molecule has 0 spiro atoms. The number of hydrogen-bond donors (Lipinski definition) is 4. The van der Waals surface area contributed by atoms with Gasteiger partial charge in [0.15, 0.2) is 11.2 Å². The van der Waals surface area contributed by atoms with Gasteiger partial charge in [-0.3, -0.25) is 28.4 Å². The van der Waals surface area contributed by atoms with Crippen molar-refractivity contribution in [3.05, 3.63) is 173 Å². The average molecular weight is 1020 g/mol. The van der Waals surface area contributed by atoms with E-state index in [0.29, 0.717) is 10.8 Å². The van der Waals surface area contributed by atoms with E-state index >= 15 is 9.13 Å². The number of aromatic nitrogens is 4. The molecule has 2 atom stereocenters. The van der Waals surface area contributed by atoms with Gasteiger partial charge in [0.05, 0.1) is 19.5 Å². The monoisotopic (exact) mass is 1020 g/mol. The Morgan fingerprint density at radius 3 is 1.58 bits per heavy atom. The summed E-state index contributed by atoms with van der Waals surface area (Å²) in [4.78, 5) is 51.2. The van der Waals surface area contributed by atoms with Crippen LogP contribution in [0.3, 0.4) is 0 Å². The Morgan fingerprint density at radius 2 is 1.10 bits per heavy atom. The fraction of sp³-hybridized carbons (Fsp3) is 0.250. The summed E-state index contributed by atoms with van der Waals surface area (Å²) in [6, 6.07) is 43.3. The summed E-state index contributed by atoms with van der Waals surface area (Å²) in [5.41, 5.74) is 3.81. The maximum absolute atomic E-state index is 15.4. The van der Waals surface area contributed by atoms with Crippen LogP contribution in [0.4, 0.5) is 5.95 Å². The van der Waals surface area contributed by atoms with E-state index in [1.54, 1.807) is 53.1 Å². The van der Waals surface area contributed by atoms with Gasteiger partial charge in [-0.1, -0.05) is 133 Å². The first kappa shape index (κ1) is 51.2. The average Bonchev–Trinajstić information content (AvgIpc) is 3.78. The van der Waals surface area contributed by atoms with E-state index < -0.39 is 63.2 Å². The van der Waals surface area contributed by atoms with Crippen LogP contribution in [0, 0.1) is 5.92 Å². The number of nitrogens with two attached hydrogens (primary N) is 1. The Labute approximate surface area is 415 Å². The summed E-state index contributed by atoms with van der Waals surface area (Å²) in [6.07, 6.45) is 1.54. The molecule has 5 N–H and O–H groups in total. The highest BCUT2D eigenvalue weighted by atomic mass is 31.2. The first-order chi connectivity index (χ1) is 34.5. The number of nitrogen functional groups attached to an aromatic ring is 1. The summed E-state index contributed by atoms with van der Waals surface area (Å²) in [5, 5.41) is 8.50. The van der Waals surface area contributed by atoms with Crippen molar-refractivity contribution in [3.63, 3.8) is 0 Å². The fourth-order valence-electron chi connectivity index (χ4n) is 7.63. The van der Waals surface area contributed by atoms with E-state index in [1.807, 2.05) is 97.1 Å². The van der Waals surface area contributed by atoms with Crippen LogP contribution in [0.1, 0.15) is 45.2 Å². The normalized spacial score (nSPS) is 14.1. The molecule has 0 aliphatic heterocycles. The second-order valence-electron chi connectivity index (χ2n) is 18.0. The third kappa shape index (κ3) is 12.8. The lowest BCUT2D eigenvalue weighted by Gasteiger charge is -2.31. The number of rotatable bonds is 23. The first-order valence-electron chi connectivity index (χ1n) is 23.0. The van der Waals surface area contributed by atoms with Crippen LogP contribution in [0.5, 0.6) is 11.5 Å². The Bertz CT molecular complexity index is 3170. The van der Waals surface area contributed by atoms with Crippen LogP contribution in [0.2, 0.25) is 0 Å². The van der Waals surface area contributed by atoms with Crippen molar-refractivity contribution in [1.29, 1.82) is 0 Å². The SMILES string of the molecule is CC(C)(NP(=O)(OCC(CCn1cnc2c(=O)[nH]c(N)nc21)COP(=O)(NC(C)(C)C(=O)OCc1ccccc1)Oc1cccc2ccccc12)Oc1cccc2ccccc12)C(=O)OCc1ccccc1. The number of benzene rings is 6. The Hall–Kier alpha value is -7.17. The van der Waals surface area contributed by atoms with Crippen LogP contribution in [-0.4, -0.2) is 55.7 Å². The molecule has 18 nitrogen and oxygen atoms in total. The highest BCUT2D eigenvalue weighted by molar-refractivity contribution is 7.52. The molecule has 2 unspecified atom stereocenters. The van der Waals surface area contributed by atoms with Crippen molar-refractivity contribution in [2.45, 2.75) is 65.0 Å². The minimum atomic E-state index is -4.61. The zero-order chi connectivity index (χ0) is 50.9. The number of fused-ring (bicyclic) bond motifs is 3. The van der Waals surface area contributed by atoms with Crippen molar-refractivity contribution in [3.8, 4) is 11.5 Å². The predicted octanol–water partition coefficient (Wildman–Crippen LogP) is 9.65. The number of carbonyl (C=O) groups excluding carboxylic acids is 2. The van der Waals surface area contributed by atoms with Crippen LogP contribution in [0.25, 0.3) is 32.7 Å². The molecule has 0 amide bonds. The minimum Gasteiger partial charge on any atom is -0.459 e. The van der Waals surface area contributed by atoms with E-state index in [4.69, 9.17) is 33.3 Å². The zero-order valence-corrected chi connectivity index (χ0v) is 41.8. The molecule has 0 aliphatic carbocycles. The van der Waals surface area contributed by atoms with E-state index in [9.17, 15) is 14.4 Å². The quantitative estimate of drug-likeness (QED) is 0.0345. The maximum Gasteiger partial charge on any atom is 0.459 e. The van der Waals surface area contributed by atoms with Crippen molar-refractivity contribution in [2.75, 3.05) is 18.9 Å². The smallest absolute Gasteiger partial charge is 0.459 e. The number of aryl methyl sites for hydroxylation is 1. The summed E-state index contributed by atoms with van der Waals surface area (Å²) < 4.78 is 69.0.